The topological polar surface area (TPSA) is 99.8 Å². The molecule has 2 aliphatic carbocycles. The van der Waals surface area contributed by atoms with Crippen molar-refractivity contribution in [2.75, 3.05) is 24.6 Å². The molecule has 8 rings (SSSR count). The van der Waals surface area contributed by atoms with Crippen molar-refractivity contribution in [3.05, 3.63) is 74.5 Å². The van der Waals surface area contributed by atoms with E-state index < -0.39 is 17.7 Å². The maximum absolute atomic E-state index is 13.8. The molecular formula is C32H30FN3O5S2. The molecule has 0 spiro atoms. The fourth-order valence-corrected chi connectivity index (χ4v) is 11.3. The molecule has 2 bridgehead atoms. The van der Waals surface area contributed by atoms with Gasteiger partial charge in [-0.05, 0) is 85.4 Å². The highest BCUT2D eigenvalue weighted by Crippen LogP contribution is 2.68. The molecule has 5 aliphatic rings. The van der Waals surface area contributed by atoms with Gasteiger partial charge in [0, 0.05) is 29.1 Å². The zero-order valence-corrected chi connectivity index (χ0v) is 24.9. The summed E-state index contributed by atoms with van der Waals surface area (Å²) in [5, 5.41) is 0.932. The van der Waals surface area contributed by atoms with Crippen LogP contribution >= 0.6 is 23.1 Å². The number of aromatic nitrogens is 1. The fourth-order valence-electron chi connectivity index (χ4n) is 8.39. The first-order valence-electron chi connectivity index (χ1n) is 14.9. The molecule has 7 atom stereocenters. The first kappa shape index (κ1) is 27.1. The molecule has 3 aliphatic heterocycles. The van der Waals surface area contributed by atoms with Crippen LogP contribution in [0.15, 0.2) is 58.4 Å². The number of carbonyl (C=O) groups excluding carboxylic acids is 3. The number of benzene rings is 2. The number of nitrogens with zero attached hydrogens (tertiary/aromatic N) is 2. The summed E-state index contributed by atoms with van der Waals surface area (Å²) in [5.74, 6) is -1.07. The number of likely N-dealkylation sites (tertiary alicyclic amines) is 1. The molecule has 222 valence electrons. The van der Waals surface area contributed by atoms with Crippen molar-refractivity contribution in [3.8, 4) is 5.75 Å². The third-order valence-electron chi connectivity index (χ3n) is 10.1. The van der Waals surface area contributed by atoms with Crippen LogP contribution in [0.4, 0.5) is 10.1 Å². The number of aromatic amines is 1. The lowest BCUT2D eigenvalue weighted by atomic mass is 9.68. The van der Waals surface area contributed by atoms with Gasteiger partial charge in [-0.1, -0.05) is 23.5 Å². The number of anilines is 1. The van der Waals surface area contributed by atoms with Gasteiger partial charge in [0.15, 0.2) is 6.61 Å². The number of thiazole rings is 1. The number of carbonyl (C=O) groups is 3. The van der Waals surface area contributed by atoms with Crippen molar-refractivity contribution in [2.24, 2.45) is 29.6 Å². The average Bonchev–Trinajstić information content (AvgIpc) is 3.76. The normalized spacial score (nSPS) is 30.8. The van der Waals surface area contributed by atoms with Crippen molar-refractivity contribution >= 4 is 46.5 Å². The van der Waals surface area contributed by atoms with Crippen molar-refractivity contribution in [3.63, 3.8) is 0 Å². The first-order chi connectivity index (χ1) is 20.9. The Hall–Kier alpha value is -3.44. The molecule has 2 saturated heterocycles. The van der Waals surface area contributed by atoms with Crippen molar-refractivity contribution in [1.82, 2.24) is 9.88 Å². The highest BCUT2D eigenvalue weighted by Gasteiger charge is 2.69. The Balaban J connectivity index is 1.08. The minimum atomic E-state index is -0.424. The minimum Gasteiger partial charge on any atom is -0.484 e. The van der Waals surface area contributed by atoms with E-state index in [4.69, 9.17) is 4.74 Å². The van der Waals surface area contributed by atoms with E-state index in [1.165, 1.54) is 40.5 Å². The van der Waals surface area contributed by atoms with E-state index in [0.29, 0.717) is 11.4 Å². The van der Waals surface area contributed by atoms with Crippen LogP contribution in [0.3, 0.4) is 0 Å². The van der Waals surface area contributed by atoms with Crippen LogP contribution in [0.2, 0.25) is 0 Å². The van der Waals surface area contributed by atoms with Gasteiger partial charge in [0.1, 0.15) is 11.6 Å². The van der Waals surface area contributed by atoms with Crippen LogP contribution in [0, 0.1) is 35.4 Å². The van der Waals surface area contributed by atoms with Gasteiger partial charge in [-0.15, -0.1) is 11.8 Å². The van der Waals surface area contributed by atoms with Gasteiger partial charge in [-0.3, -0.25) is 24.1 Å². The number of H-pyrrole nitrogens is 1. The summed E-state index contributed by atoms with van der Waals surface area (Å²) < 4.78 is 19.5. The molecule has 3 amide bonds. The van der Waals surface area contributed by atoms with Gasteiger partial charge >= 0.3 is 4.87 Å². The number of nitrogens with one attached hydrogen (secondary N) is 1. The van der Waals surface area contributed by atoms with Gasteiger partial charge in [0.2, 0.25) is 11.8 Å². The number of fused-ring (bicyclic) bond motifs is 9. The van der Waals surface area contributed by atoms with E-state index in [9.17, 15) is 23.6 Å². The molecule has 4 fully saturated rings. The number of hydrogen-bond donors (Lipinski definition) is 1. The molecule has 1 aromatic heterocycles. The highest BCUT2D eigenvalue weighted by atomic mass is 32.2. The monoisotopic (exact) mass is 619 g/mol. The van der Waals surface area contributed by atoms with Crippen LogP contribution in [0.1, 0.15) is 42.0 Å². The molecule has 2 saturated carbocycles. The summed E-state index contributed by atoms with van der Waals surface area (Å²) in [6, 6.07) is 13.3. The molecule has 8 nitrogen and oxygen atoms in total. The van der Waals surface area contributed by atoms with E-state index in [1.807, 2.05) is 29.2 Å². The maximum atomic E-state index is 13.8. The quantitative estimate of drug-likeness (QED) is 0.418. The van der Waals surface area contributed by atoms with Crippen LogP contribution in [0.25, 0.3) is 0 Å². The van der Waals surface area contributed by atoms with E-state index in [2.05, 4.69) is 4.98 Å². The molecule has 2 aromatic carbocycles. The molecule has 3 aromatic rings. The van der Waals surface area contributed by atoms with E-state index in [0.717, 1.165) is 54.2 Å². The van der Waals surface area contributed by atoms with Gasteiger partial charge in [-0.25, -0.2) is 4.39 Å². The number of piperidine rings is 1. The van der Waals surface area contributed by atoms with Crippen LogP contribution in [0.5, 0.6) is 5.75 Å². The summed E-state index contributed by atoms with van der Waals surface area (Å²) in [4.78, 5) is 59.7. The van der Waals surface area contributed by atoms with Gasteiger partial charge in [-0.2, -0.15) is 0 Å². The van der Waals surface area contributed by atoms with Crippen molar-refractivity contribution in [1.29, 1.82) is 0 Å². The number of thioether (sulfide) groups is 1. The molecule has 1 N–H and O–H groups in total. The summed E-state index contributed by atoms with van der Waals surface area (Å²) in [5.41, 5.74) is 1.44. The standard InChI is InChI=1S/C32H30FN3O5S2/c33-17-6-8-18(9-7-17)36-30(38)25-20-14-21(26(25)31(36)39)27-24(20)23(28-29(42-27)34-32(40)43-28)16-4-10-19(11-5-16)41-15-22(37)35-12-2-1-3-13-35/h4-11,20-21,23-27H,1-3,12-15H2,(H,34,40)/t20-,21-,23-,24?,25?,26?,27?/m1/s1. The Morgan fingerprint density at radius 1 is 0.930 bits per heavy atom. The fraction of sp³-hybridized carbons (Fsp3) is 0.438. The van der Waals surface area contributed by atoms with Gasteiger partial charge in [0.05, 0.1) is 22.5 Å². The Labute approximate surface area is 255 Å². The lowest BCUT2D eigenvalue weighted by Crippen LogP contribution is -2.42. The second-order valence-corrected chi connectivity index (χ2v) is 14.5. The zero-order chi connectivity index (χ0) is 29.4. The van der Waals surface area contributed by atoms with Gasteiger partial charge < -0.3 is 14.6 Å². The Bertz CT molecular complexity index is 1670. The number of amides is 3. The molecule has 4 heterocycles. The lowest BCUT2D eigenvalue weighted by Gasteiger charge is -2.43. The average molecular weight is 620 g/mol. The minimum absolute atomic E-state index is 0.000317. The molecule has 11 heteroatoms. The first-order valence-corrected chi connectivity index (χ1v) is 16.6. The smallest absolute Gasteiger partial charge is 0.305 e. The number of ether oxygens (including phenoxy) is 1. The van der Waals surface area contributed by atoms with Crippen molar-refractivity contribution in [2.45, 2.75) is 41.9 Å². The molecular weight excluding hydrogens is 590 g/mol. The Kier molecular flexibility index (Phi) is 6.52. The Morgan fingerprint density at radius 2 is 1.63 bits per heavy atom. The number of rotatable bonds is 5. The van der Waals surface area contributed by atoms with Crippen LogP contribution in [-0.2, 0) is 14.4 Å². The summed E-state index contributed by atoms with van der Waals surface area (Å²) in [6.45, 7) is 1.57. The summed E-state index contributed by atoms with van der Waals surface area (Å²) in [6.07, 6.45) is 4.01. The van der Waals surface area contributed by atoms with E-state index in [-0.39, 0.29) is 58.1 Å². The maximum Gasteiger partial charge on any atom is 0.305 e. The molecule has 4 unspecified atom stereocenters. The third-order valence-corrected chi connectivity index (χ3v) is 12.7. The van der Waals surface area contributed by atoms with Gasteiger partial charge in [0.25, 0.3) is 5.91 Å². The second-order valence-electron chi connectivity index (χ2n) is 12.2. The third kappa shape index (κ3) is 4.29. The van der Waals surface area contributed by atoms with E-state index in [1.54, 1.807) is 11.8 Å². The van der Waals surface area contributed by atoms with Crippen molar-refractivity contribution < 1.29 is 23.5 Å². The van der Waals surface area contributed by atoms with Crippen LogP contribution < -0.4 is 14.5 Å². The summed E-state index contributed by atoms with van der Waals surface area (Å²) in [7, 11) is 0. The molecule has 0 radical (unpaired) electrons. The van der Waals surface area contributed by atoms with Crippen LogP contribution in [-0.4, -0.2) is 52.6 Å². The highest BCUT2D eigenvalue weighted by molar-refractivity contribution is 8.00. The zero-order valence-electron chi connectivity index (χ0n) is 23.2. The SMILES string of the molecule is O=C(COc1ccc([C@H]2c3sc(=O)[nH]c3SC3C2[C@H]2C[C@@H]3C3C(=O)N(c4ccc(F)cc4)C(=O)C32)cc1)N1CCCCC1. The lowest BCUT2D eigenvalue weighted by molar-refractivity contribution is -0.134. The number of imide groups is 1. The Morgan fingerprint density at radius 3 is 2.35 bits per heavy atom. The summed E-state index contributed by atoms with van der Waals surface area (Å²) >= 11 is 2.86. The molecule has 43 heavy (non-hydrogen) atoms. The predicted octanol–water partition coefficient (Wildman–Crippen LogP) is 4.64. The number of halogens is 1. The predicted molar refractivity (Wildman–Crippen MR) is 160 cm³/mol. The second kappa shape index (κ2) is 10.3. The number of hydrogen-bond acceptors (Lipinski definition) is 7. The largest absolute Gasteiger partial charge is 0.484 e. The van der Waals surface area contributed by atoms with E-state index >= 15 is 0 Å².